The summed E-state index contributed by atoms with van der Waals surface area (Å²) in [6, 6.07) is 30.2. The van der Waals surface area contributed by atoms with Crippen LogP contribution < -0.4 is 5.69 Å². The van der Waals surface area contributed by atoms with E-state index >= 15 is 0 Å². The number of aromatic nitrogens is 2. The average Bonchev–Trinajstić information content (AvgIpc) is 3.21. The summed E-state index contributed by atoms with van der Waals surface area (Å²) in [7, 11) is 0. The molecule has 5 heteroatoms. The number of rotatable bonds is 8. The van der Waals surface area contributed by atoms with Gasteiger partial charge in [-0.15, -0.1) is 0 Å². The summed E-state index contributed by atoms with van der Waals surface area (Å²) in [6.45, 7) is 7.31. The number of hydrogen-bond acceptors (Lipinski definition) is 3. The smallest absolute Gasteiger partial charge is 0.306 e. The summed E-state index contributed by atoms with van der Waals surface area (Å²) in [6.07, 6.45) is 2.01. The summed E-state index contributed by atoms with van der Waals surface area (Å²) < 4.78 is 1.98. The lowest BCUT2D eigenvalue weighted by Gasteiger charge is -2.37. The lowest BCUT2D eigenvalue weighted by atomic mass is 10.0. The average molecular weight is 455 g/mol. The van der Waals surface area contributed by atoms with Crippen molar-refractivity contribution in [2.75, 3.05) is 19.6 Å². The quantitative estimate of drug-likeness (QED) is 0.405. The van der Waals surface area contributed by atoms with Crippen LogP contribution in [0, 0.1) is 0 Å². The Bertz CT molecular complexity index is 1200. The molecule has 1 N–H and O–H groups in total. The zero-order valence-corrected chi connectivity index (χ0v) is 19.9. The molecule has 0 bridgehead atoms. The van der Waals surface area contributed by atoms with Crippen molar-refractivity contribution in [3.05, 3.63) is 107 Å². The molecule has 0 radical (unpaired) electrons. The van der Waals surface area contributed by atoms with E-state index in [0.717, 1.165) is 56.6 Å². The van der Waals surface area contributed by atoms with Gasteiger partial charge in [0.2, 0.25) is 0 Å². The van der Waals surface area contributed by atoms with E-state index in [1.807, 2.05) is 28.8 Å². The first-order valence-corrected chi connectivity index (χ1v) is 12.4. The van der Waals surface area contributed by atoms with Gasteiger partial charge in [-0.05, 0) is 43.0 Å². The molecule has 1 atom stereocenters. The predicted octanol–water partition coefficient (Wildman–Crippen LogP) is 5.06. The molecular weight excluding hydrogens is 420 g/mol. The molecule has 0 spiro atoms. The van der Waals surface area contributed by atoms with Crippen molar-refractivity contribution in [1.82, 2.24) is 19.4 Å². The fourth-order valence-corrected chi connectivity index (χ4v) is 5.29. The zero-order valence-electron chi connectivity index (χ0n) is 19.9. The molecule has 0 saturated carbocycles. The van der Waals surface area contributed by atoms with Crippen LogP contribution in [0.5, 0.6) is 0 Å². The van der Waals surface area contributed by atoms with E-state index in [-0.39, 0.29) is 11.7 Å². The van der Waals surface area contributed by atoms with Crippen molar-refractivity contribution < 1.29 is 0 Å². The number of para-hydroxylation sites is 2. The number of hydrogen-bond donors (Lipinski definition) is 1. The van der Waals surface area contributed by atoms with Crippen LogP contribution in [-0.2, 0) is 13.1 Å². The molecule has 2 heterocycles. The molecule has 1 fully saturated rings. The topological polar surface area (TPSA) is 44.3 Å². The minimum atomic E-state index is 0.0184. The van der Waals surface area contributed by atoms with Crippen molar-refractivity contribution in [1.29, 1.82) is 0 Å². The van der Waals surface area contributed by atoms with Crippen LogP contribution in [-0.4, -0.2) is 45.0 Å². The van der Waals surface area contributed by atoms with Gasteiger partial charge in [0.15, 0.2) is 0 Å². The van der Waals surface area contributed by atoms with Gasteiger partial charge in [-0.2, -0.15) is 0 Å². The van der Waals surface area contributed by atoms with Crippen molar-refractivity contribution in [2.45, 2.75) is 44.9 Å². The monoisotopic (exact) mass is 454 g/mol. The number of aromatic amines is 1. The van der Waals surface area contributed by atoms with Crippen molar-refractivity contribution in [3.63, 3.8) is 0 Å². The van der Waals surface area contributed by atoms with Crippen LogP contribution in [0.4, 0.5) is 0 Å². The Morgan fingerprint density at radius 2 is 1.41 bits per heavy atom. The highest BCUT2D eigenvalue weighted by Crippen LogP contribution is 2.25. The Labute approximate surface area is 201 Å². The van der Waals surface area contributed by atoms with Crippen molar-refractivity contribution >= 4 is 11.0 Å². The summed E-state index contributed by atoms with van der Waals surface area (Å²) in [5.74, 6) is 0. The molecule has 34 heavy (non-hydrogen) atoms. The highest BCUT2D eigenvalue weighted by Gasteiger charge is 2.25. The maximum atomic E-state index is 12.6. The van der Waals surface area contributed by atoms with E-state index < -0.39 is 0 Å². The maximum absolute atomic E-state index is 12.6. The van der Waals surface area contributed by atoms with Crippen molar-refractivity contribution in [3.8, 4) is 0 Å². The van der Waals surface area contributed by atoms with E-state index in [1.54, 1.807) is 0 Å². The van der Waals surface area contributed by atoms with Gasteiger partial charge in [-0.25, -0.2) is 4.79 Å². The first-order chi connectivity index (χ1) is 16.7. The number of imidazole rings is 1. The second-order valence-corrected chi connectivity index (χ2v) is 9.57. The number of likely N-dealkylation sites (tertiary alicyclic amines) is 1. The molecule has 176 valence electrons. The molecule has 4 aromatic rings. The lowest BCUT2D eigenvalue weighted by Crippen LogP contribution is -2.45. The van der Waals surface area contributed by atoms with Gasteiger partial charge in [-0.1, -0.05) is 72.8 Å². The number of H-pyrrole nitrogens is 1. The lowest BCUT2D eigenvalue weighted by molar-refractivity contribution is 0.111. The third-order valence-corrected chi connectivity index (χ3v) is 7.15. The van der Waals surface area contributed by atoms with Crippen LogP contribution in [0.15, 0.2) is 89.7 Å². The van der Waals surface area contributed by atoms with Crippen LogP contribution in [0.1, 0.15) is 36.9 Å². The molecule has 1 saturated heterocycles. The third-order valence-electron chi connectivity index (χ3n) is 7.15. The Balaban J connectivity index is 1.24. The second kappa shape index (κ2) is 10.4. The molecule has 3 aromatic carbocycles. The SMILES string of the molecule is C[C@@H](CN1CCC(n2c(=O)[nH]c3ccccc32)CC1)N(Cc1ccccc1)Cc1ccccc1. The number of piperidine rings is 1. The zero-order chi connectivity index (χ0) is 23.3. The van der Waals surface area contributed by atoms with Crippen LogP contribution >= 0.6 is 0 Å². The van der Waals surface area contributed by atoms with Gasteiger partial charge < -0.3 is 9.88 Å². The van der Waals surface area contributed by atoms with Crippen molar-refractivity contribution in [2.24, 2.45) is 0 Å². The van der Waals surface area contributed by atoms with Crippen LogP contribution in [0.25, 0.3) is 11.0 Å². The standard InChI is InChI=1S/C29H34N4O/c1-23(32(21-24-10-4-2-5-11-24)22-25-12-6-3-7-13-25)20-31-18-16-26(17-19-31)33-28-15-9-8-14-27(28)30-29(33)34/h2-15,23,26H,16-22H2,1H3,(H,30,34)/t23-/m0/s1. The maximum Gasteiger partial charge on any atom is 0.326 e. The first-order valence-electron chi connectivity index (χ1n) is 12.4. The Morgan fingerprint density at radius 3 is 2.03 bits per heavy atom. The van der Waals surface area contributed by atoms with E-state index in [4.69, 9.17) is 0 Å². The molecule has 0 amide bonds. The number of fused-ring (bicyclic) bond motifs is 1. The number of nitrogens with one attached hydrogen (secondary N) is 1. The van der Waals surface area contributed by atoms with E-state index in [2.05, 4.69) is 82.4 Å². The van der Waals surface area contributed by atoms with Gasteiger partial charge in [0, 0.05) is 44.8 Å². The first kappa shape index (κ1) is 22.6. The molecule has 5 nitrogen and oxygen atoms in total. The Kier molecular flexibility index (Phi) is 6.93. The summed E-state index contributed by atoms with van der Waals surface area (Å²) in [5.41, 5.74) is 4.67. The predicted molar refractivity (Wildman–Crippen MR) is 139 cm³/mol. The molecule has 1 aromatic heterocycles. The second-order valence-electron chi connectivity index (χ2n) is 9.57. The van der Waals surface area contributed by atoms with Gasteiger partial charge in [0.1, 0.15) is 0 Å². The highest BCUT2D eigenvalue weighted by atomic mass is 16.1. The van der Waals surface area contributed by atoms with Gasteiger partial charge >= 0.3 is 5.69 Å². The highest BCUT2D eigenvalue weighted by molar-refractivity contribution is 5.75. The van der Waals surface area contributed by atoms with E-state index in [1.165, 1.54) is 11.1 Å². The molecule has 5 rings (SSSR count). The van der Waals surface area contributed by atoms with Gasteiger partial charge in [-0.3, -0.25) is 9.47 Å². The third kappa shape index (κ3) is 5.16. The number of nitrogens with zero attached hydrogens (tertiary/aromatic N) is 3. The van der Waals surface area contributed by atoms with Crippen LogP contribution in [0.3, 0.4) is 0 Å². The fourth-order valence-electron chi connectivity index (χ4n) is 5.29. The Hall–Kier alpha value is -3.15. The normalized spacial score (nSPS) is 16.3. The minimum Gasteiger partial charge on any atom is -0.306 e. The molecule has 0 aliphatic carbocycles. The van der Waals surface area contributed by atoms with Gasteiger partial charge in [0.25, 0.3) is 0 Å². The summed E-state index contributed by atoms with van der Waals surface area (Å²) >= 11 is 0. The minimum absolute atomic E-state index is 0.0184. The summed E-state index contributed by atoms with van der Waals surface area (Å²) in [5, 5.41) is 0. The van der Waals surface area contributed by atoms with E-state index in [0.29, 0.717) is 6.04 Å². The molecule has 1 aliphatic heterocycles. The number of benzene rings is 3. The molecule has 0 unspecified atom stereocenters. The summed E-state index contributed by atoms with van der Waals surface area (Å²) in [4.78, 5) is 20.8. The largest absolute Gasteiger partial charge is 0.326 e. The van der Waals surface area contributed by atoms with Crippen LogP contribution in [0.2, 0.25) is 0 Å². The fraction of sp³-hybridized carbons (Fsp3) is 0.345. The molecule has 1 aliphatic rings. The Morgan fingerprint density at radius 1 is 0.853 bits per heavy atom. The molecular formula is C29H34N4O. The van der Waals surface area contributed by atoms with Gasteiger partial charge in [0.05, 0.1) is 11.0 Å². The van der Waals surface area contributed by atoms with E-state index in [9.17, 15) is 4.79 Å².